The van der Waals surface area contributed by atoms with Crippen molar-refractivity contribution in [1.29, 1.82) is 0 Å². The van der Waals surface area contributed by atoms with Crippen LogP contribution in [0.3, 0.4) is 0 Å². The maximum Gasteiger partial charge on any atom is 0.315 e. The second kappa shape index (κ2) is 11.0. The average molecular weight is 374 g/mol. The van der Waals surface area contributed by atoms with Crippen molar-refractivity contribution in [3.63, 3.8) is 0 Å². The van der Waals surface area contributed by atoms with Crippen LogP contribution in [0.5, 0.6) is 0 Å². The second-order valence-electron chi connectivity index (χ2n) is 7.61. The fourth-order valence-corrected chi connectivity index (χ4v) is 3.73. The highest BCUT2D eigenvalue weighted by atomic mass is 16.2. The van der Waals surface area contributed by atoms with Crippen molar-refractivity contribution < 1.29 is 9.59 Å². The van der Waals surface area contributed by atoms with E-state index in [1.165, 1.54) is 5.56 Å². The predicted molar refractivity (Wildman–Crippen MR) is 110 cm³/mol. The van der Waals surface area contributed by atoms with Gasteiger partial charge in [0.2, 0.25) is 5.91 Å². The highest BCUT2D eigenvalue weighted by molar-refractivity contribution is 5.79. The standard InChI is InChI=1S/C22H35N3O2/c1-4-18(5-2)21(26)25-15-12-20(13-16-25)24-22(27)23-14-11-17(3)19-9-7-6-8-10-19/h6-10,17-18,20H,4-5,11-16H2,1-3H3,(H2,23,24,27)/t17-/m1/s1. The number of hydrogen-bond acceptors (Lipinski definition) is 2. The van der Waals surface area contributed by atoms with Crippen LogP contribution in [0.4, 0.5) is 4.79 Å². The molecule has 5 nitrogen and oxygen atoms in total. The van der Waals surface area contributed by atoms with Gasteiger partial charge in [-0.2, -0.15) is 0 Å². The number of hydrogen-bond donors (Lipinski definition) is 2. The molecule has 1 aliphatic rings. The normalized spacial score (nSPS) is 16.2. The number of likely N-dealkylation sites (tertiary alicyclic amines) is 1. The molecule has 1 atom stereocenters. The third-order valence-corrected chi connectivity index (χ3v) is 5.71. The van der Waals surface area contributed by atoms with E-state index in [1.807, 2.05) is 23.1 Å². The summed E-state index contributed by atoms with van der Waals surface area (Å²) in [6, 6.07) is 10.4. The molecule has 0 unspecified atom stereocenters. The number of nitrogens with zero attached hydrogens (tertiary/aromatic N) is 1. The molecule has 1 aromatic carbocycles. The first-order valence-corrected chi connectivity index (χ1v) is 10.4. The molecule has 1 fully saturated rings. The SMILES string of the molecule is CCC(CC)C(=O)N1CCC(NC(=O)NCC[C@@H](C)c2ccccc2)CC1. The van der Waals surface area contributed by atoms with Crippen LogP contribution in [-0.2, 0) is 4.79 Å². The van der Waals surface area contributed by atoms with Crippen LogP contribution in [0.1, 0.15) is 64.4 Å². The Hall–Kier alpha value is -2.04. The van der Waals surface area contributed by atoms with E-state index in [2.05, 4.69) is 43.5 Å². The molecule has 5 heteroatoms. The maximum absolute atomic E-state index is 12.4. The fraction of sp³-hybridized carbons (Fsp3) is 0.636. The zero-order valence-corrected chi connectivity index (χ0v) is 17.0. The summed E-state index contributed by atoms with van der Waals surface area (Å²) in [6.45, 7) is 8.47. The first-order chi connectivity index (χ1) is 13.0. The second-order valence-corrected chi connectivity index (χ2v) is 7.61. The lowest BCUT2D eigenvalue weighted by molar-refractivity contribution is -0.136. The van der Waals surface area contributed by atoms with E-state index in [-0.39, 0.29) is 23.9 Å². The van der Waals surface area contributed by atoms with Crippen LogP contribution in [-0.4, -0.2) is 42.5 Å². The minimum absolute atomic E-state index is 0.0972. The van der Waals surface area contributed by atoms with Gasteiger partial charge in [0.15, 0.2) is 0 Å². The fourth-order valence-electron chi connectivity index (χ4n) is 3.73. The van der Waals surface area contributed by atoms with E-state index in [9.17, 15) is 9.59 Å². The molecule has 1 saturated heterocycles. The highest BCUT2D eigenvalue weighted by Gasteiger charge is 2.27. The lowest BCUT2D eigenvalue weighted by Gasteiger charge is -2.34. The predicted octanol–water partition coefficient (Wildman–Crippen LogP) is 3.91. The van der Waals surface area contributed by atoms with Gasteiger partial charge in [-0.3, -0.25) is 4.79 Å². The first-order valence-electron chi connectivity index (χ1n) is 10.4. The lowest BCUT2D eigenvalue weighted by Crippen LogP contribution is -2.50. The molecule has 0 radical (unpaired) electrons. The van der Waals surface area contributed by atoms with Gasteiger partial charge in [0.25, 0.3) is 0 Å². The van der Waals surface area contributed by atoms with E-state index in [4.69, 9.17) is 0 Å². The molecule has 27 heavy (non-hydrogen) atoms. The van der Waals surface area contributed by atoms with Crippen molar-refractivity contribution in [2.45, 2.75) is 64.8 Å². The molecule has 0 aromatic heterocycles. The first kappa shape index (κ1) is 21.3. The van der Waals surface area contributed by atoms with Crippen LogP contribution >= 0.6 is 0 Å². The molecule has 0 bridgehead atoms. The molecule has 150 valence electrons. The molecule has 3 amide bonds. The number of rotatable bonds is 8. The van der Waals surface area contributed by atoms with Crippen molar-refractivity contribution >= 4 is 11.9 Å². The number of benzene rings is 1. The molecule has 1 aromatic rings. The minimum atomic E-state index is -0.0972. The summed E-state index contributed by atoms with van der Waals surface area (Å²) in [5, 5.41) is 6.03. The molecule has 1 aliphatic heterocycles. The van der Waals surface area contributed by atoms with Gasteiger partial charge < -0.3 is 15.5 Å². The number of amides is 3. The summed E-state index contributed by atoms with van der Waals surface area (Å²) in [7, 11) is 0. The third-order valence-electron chi connectivity index (χ3n) is 5.71. The molecule has 0 saturated carbocycles. The van der Waals surface area contributed by atoms with Crippen molar-refractivity contribution in [2.24, 2.45) is 5.92 Å². The van der Waals surface area contributed by atoms with E-state index in [1.54, 1.807) is 0 Å². The van der Waals surface area contributed by atoms with Gasteiger partial charge in [0.1, 0.15) is 0 Å². The Balaban J connectivity index is 1.65. The van der Waals surface area contributed by atoms with Crippen molar-refractivity contribution in [2.75, 3.05) is 19.6 Å². The Morgan fingerprint density at radius 2 is 1.74 bits per heavy atom. The van der Waals surface area contributed by atoms with Gasteiger partial charge in [-0.15, -0.1) is 0 Å². The number of piperidine rings is 1. The van der Waals surface area contributed by atoms with E-state index < -0.39 is 0 Å². The molecule has 1 heterocycles. The molecule has 0 spiro atoms. The van der Waals surface area contributed by atoms with Gasteiger partial charge in [-0.05, 0) is 43.6 Å². The van der Waals surface area contributed by atoms with Crippen molar-refractivity contribution in [3.8, 4) is 0 Å². The Labute approximate surface area is 163 Å². The monoisotopic (exact) mass is 373 g/mol. The lowest BCUT2D eigenvalue weighted by atomic mass is 9.98. The average Bonchev–Trinajstić information content (AvgIpc) is 2.70. The van der Waals surface area contributed by atoms with Gasteiger partial charge in [0.05, 0.1) is 0 Å². The quantitative estimate of drug-likeness (QED) is 0.726. The van der Waals surface area contributed by atoms with Crippen LogP contribution < -0.4 is 10.6 Å². The largest absolute Gasteiger partial charge is 0.342 e. The van der Waals surface area contributed by atoms with Crippen LogP contribution in [0.2, 0.25) is 0 Å². The number of carbonyl (C=O) groups excluding carboxylic acids is 2. The smallest absolute Gasteiger partial charge is 0.315 e. The zero-order chi connectivity index (χ0) is 19.6. The van der Waals surface area contributed by atoms with E-state index in [0.29, 0.717) is 12.5 Å². The molecular formula is C22H35N3O2. The van der Waals surface area contributed by atoms with Crippen LogP contribution in [0, 0.1) is 5.92 Å². The van der Waals surface area contributed by atoms with Crippen LogP contribution in [0.15, 0.2) is 30.3 Å². The molecule has 0 aliphatic carbocycles. The summed E-state index contributed by atoms with van der Waals surface area (Å²) in [6.07, 6.45) is 4.38. The number of carbonyl (C=O) groups is 2. The maximum atomic E-state index is 12.4. The summed E-state index contributed by atoms with van der Waals surface area (Å²) < 4.78 is 0. The van der Waals surface area contributed by atoms with Crippen molar-refractivity contribution in [1.82, 2.24) is 15.5 Å². The zero-order valence-electron chi connectivity index (χ0n) is 17.0. The Morgan fingerprint density at radius 1 is 1.11 bits per heavy atom. The van der Waals surface area contributed by atoms with E-state index in [0.717, 1.165) is 45.2 Å². The Kier molecular flexibility index (Phi) is 8.62. The highest BCUT2D eigenvalue weighted by Crippen LogP contribution is 2.18. The summed E-state index contributed by atoms with van der Waals surface area (Å²) >= 11 is 0. The number of urea groups is 1. The molecule has 2 N–H and O–H groups in total. The Morgan fingerprint density at radius 3 is 2.33 bits per heavy atom. The molecule has 2 rings (SSSR count). The Bertz CT molecular complexity index is 578. The summed E-state index contributed by atoms with van der Waals surface area (Å²) in [4.78, 5) is 26.5. The van der Waals surface area contributed by atoms with Crippen molar-refractivity contribution in [3.05, 3.63) is 35.9 Å². The third kappa shape index (κ3) is 6.56. The molecular weight excluding hydrogens is 338 g/mol. The van der Waals surface area contributed by atoms with Gasteiger partial charge in [-0.1, -0.05) is 51.1 Å². The van der Waals surface area contributed by atoms with E-state index >= 15 is 0 Å². The van der Waals surface area contributed by atoms with Crippen LogP contribution in [0.25, 0.3) is 0 Å². The summed E-state index contributed by atoms with van der Waals surface area (Å²) in [5.74, 6) is 0.841. The number of nitrogens with one attached hydrogen (secondary N) is 2. The van der Waals surface area contributed by atoms with Gasteiger partial charge in [-0.25, -0.2) is 4.79 Å². The summed E-state index contributed by atoms with van der Waals surface area (Å²) in [5.41, 5.74) is 1.30. The van der Waals surface area contributed by atoms with Gasteiger partial charge in [0, 0.05) is 31.6 Å². The van der Waals surface area contributed by atoms with Gasteiger partial charge >= 0.3 is 6.03 Å². The minimum Gasteiger partial charge on any atom is -0.342 e. The topological polar surface area (TPSA) is 61.4 Å².